The molecule has 4 nitrogen and oxygen atoms in total. The Balaban J connectivity index is 3.15. The third-order valence-corrected chi connectivity index (χ3v) is 1.67. The standard InChI is InChI=1S/C8H18N2O2/c1-4-10(3)5-6-12-7-8(11)9-2/h4-7H2,1-3H3,(H,9,11). The van der Waals surface area contributed by atoms with Crippen LogP contribution in [0, 0.1) is 0 Å². The van der Waals surface area contributed by atoms with Gasteiger partial charge in [0.05, 0.1) is 6.61 Å². The summed E-state index contributed by atoms with van der Waals surface area (Å²) in [5.41, 5.74) is 0. The van der Waals surface area contributed by atoms with E-state index in [-0.39, 0.29) is 12.5 Å². The third-order valence-electron chi connectivity index (χ3n) is 1.67. The van der Waals surface area contributed by atoms with Crippen molar-refractivity contribution < 1.29 is 9.53 Å². The first-order valence-corrected chi connectivity index (χ1v) is 4.17. The fourth-order valence-electron chi connectivity index (χ4n) is 0.616. The minimum Gasteiger partial charge on any atom is -0.370 e. The molecule has 0 aliphatic rings. The van der Waals surface area contributed by atoms with Gasteiger partial charge in [-0.25, -0.2) is 0 Å². The highest BCUT2D eigenvalue weighted by Crippen LogP contribution is 1.81. The second kappa shape index (κ2) is 7.06. The van der Waals surface area contributed by atoms with Gasteiger partial charge in [-0.05, 0) is 13.6 Å². The van der Waals surface area contributed by atoms with Crippen LogP contribution in [-0.4, -0.2) is 51.2 Å². The average Bonchev–Trinajstić information content (AvgIpc) is 2.11. The van der Waals surface area contributed by atoms with Gasteiger partial charge in [0.15, 0.2) is 0 Å². The zero-order valence-corrected chi connectivity index (χ0v) is 8.09. The Morgan fingerprint density at radius 3 is 2.75 bits per heavy atom. The average molecular weight is 174 g/mol. The van der Waals surface area contributed by atoms with E-state index in [0.717, 1.165) is 13.1 Å². The van der Waals surface area contributed by atoms with Gasteiger partial charge < -0.3 is 15.0 Å². The molecular formula is C8H18N2O2. The van der Waals surface area contributed by atoms with Crippen molar-refractivity contribution >= 4 is 5.91 Å². The molecule has 1 N–H and O–H groups in total. The second-order valence-electron chi connectivity index (χ2n) is 2.62. The third kappa shape index (κ3) is 6.12. The van der Waals surface area contributed by atoms with Crippen LogP contribution in [0.1, 0.15) is 6.92 Å². The van der Waals surface area contributed by atoms with Crippen molar-refractivity contribution in [3.05, 3.63) is 0 Å². The normalized spacial score (nSPS) is 10.3. The number of nitrogens with zero attached hydrogens (tertiary/aromatic N) is 1. The highest BCUT2D eigenvalue weighted by atomic mass is 16.5. The number of amides is 1. The lowest BCUT2D eigenvalue weighted by molar-refractivity contribution is -0.125. The molecule has 0 aliphatic heterocycles. The lowest BCUT2D eigenvalue weighted by Gasteiger charge is -2.12. The Bertz CT molecular complexity index is 128. The van der Waals surface area contributed by atoms with Gasteiger partial charge >= 0.3 is 0 Å². The molecule has 0 aromatic rings. The lowest BCUT2D eigenvalue weighted by Crippen LogP contribution is -2.27. The molecule has 0 saturated heterocycles. The summed E-state index contributed by atoms with van der Waals surface area (Å²) in [7, 11) is 3.62. The van der Waals surface area contributed by atoms with Crippen LogP contribution in [-0.2, 0) is 9.53 Å². The molecule has 0 aromatic heterocycles. The van der Waals surface area contributed by atoms with Crippen molar-refractivity contribution in [2.75, 3.05) is 40.4 Å². The summed E-state index contributed by atoms with van der Waals surface area (Å²) in [6.07, 6.45) is 0. The summed E-state index contributed by atoms with van der Waals surface area (Å²) in [4.78, 5) is 12.8. The summed E-state index contributed by atoms with van der Waals surface area (Å²) in [6.45, 7) is 4.72. The topological polar surface area (TPSA) is 41.6 Å². The molecule has 0 saturated carbocycles. The van der Waals surface area contributed by atoms with E-state index in [2.05, 4.69) is 17.1 Å². The fourth-order valence-corrected chi connectivity index (χ4v) is 0.616. The predicted molar refractivity (Wildman–Crippen MR) is 48.1 cm³/mol. The maximum Gasteiger partial charge on any atom is 0.245 e. The molecule has 0 heterocycles. The first kappa shape index (κ1) is 11.4. The largest absolute Gasteiger partial charge is 0.370 e. The highest BCUT2D eigenvalue weighted by molar-refractivity contribution is 5.76. The van der Waals surface area contributed by atoms with Gasteiger partial charge in [-0.3, -0.25) is 4.79 Å². The van der Waals surface area contributed by atoms with Gasteiger partial charge in [-0.15, -0.1) is 0 Å². The van der Waals surface area contributed by atoms with Crippen LogP contribution in [0.4, 0.5) is 0 Å². The van der Waals surface area contributed by atoms with Gasteiger partial charge in [-0.2, -0.15) is 0 Å². The molecule has 0 bridgehead atoms. The number of carbonyl (C=O) groups excluding carboxylic acids is 1. The molecule has 72 valence electrons. The van der Waals surface area contributed by atoms with E-state index < -0.39 is 0 Å². The minimum atomic E-state index is -0.0749. The van der Waals surface area contributed by atoms with E-state index >= 15 is 0 Å². The number of ether oxygens (including phenoxy) is 1. The number of carbonyl (C=O) groups is 1. The molecule has 0 spiro atoms. The molecule has 0 unspecified atom stereocenters. The van der Waals surface area contributed by atoms with Crippen LogP contribution in [0.5, 0.6) is 0 Å². The van der Waals surface area contributed by atoms with Crippen LogP contribution in [0.2, 0.25) is 0 Å². The number of nitrogens with one attached hydrogen (secondary N) is 1. The molecule has 0 fully saturated rings. The Labute approximate surface area is 73.9 Å². The number of likely N-dealkylation sites (N-methyl/N-ethyl adjacent to an activating group) is 2. The monoisotopic (exact) mass is 174 g/mol. The van der Waals surface area contributed by atoms with E-state index in [0.29, 0.717) is 6.61 Å². The fraction of sp³-hybridized carbons (Fsp3) is 0.875. The van der Waals surface area contributed by atoms with Crippen molar-refractivity contribution in [2.45, 2.75) is 6.92 Å². The Morgan fingerprint density at radius 1 is 1.58 bits per heavy atom. The molecule has 0 atom stereocenters. The van der Waals surface area contributed by atoms with Crippen LogP contribution < -0.4 is 5.32 Å². The van der Waals surface area contributed by atoms with Crippen molar-refractivity contribution in [1.82, 2.24) is 10.2 Å². The molecule has 0 radical (unpaired) electrons. The lowest BCUT2D eigenvalue weighted by atomic mass is 10.5. The molecule has 1 amide bonds. The van der Waals surface area contributed by atoms with Gasteiger partial charge in [0.2, 0.25) is 5.91 Å². The first-order chi connectivity index (χ1) is 5.70. The van der Waals surface area contributed by atoms with Gasteiger partial charge in [-0.1, -0.05) is 6.92 Å². The van der Waals surface area contributed by atoms with Crippen LogP contribution in [0.3, 0.4) is 0 Å². The SMILES string of the molecule is CCN(C)CCOCC(=O)NC. The van der Waals surface area contributed by atoms with Crippen molar-refractivity contribution in [2.24, 2.45) is 0 Å². The summed E-state index contributed by atoms with van der Waals surface area (Å²) in [6, 6.07) is 0. The molecule has 12 heavy (non-hydrogen) atoms. The van der Waals surface area contributed by atoms with Crippen molar-refractivity contribution in [1.29, 1.82) is 0 Å². The second-order valence-corrected chi connectivity index (χ2v) is 2.62. The number of hydrogen-bond donors (Lipinski definition) is 1. The first-order valence-electron chi connectivity index (χ1n) is 4.17. The molecular weight excluding hydrogens is 156 g/mol. The maximum atomic E-state index is 10.7. The summed E-state index contributed by atoms with van der Waals surface area (Å²) >= 11 is 0. The van der Waals surface area contributed by atoms with Gasteiger partial charge in [0, 0.05) is 13.6 Å². The summed E-state index contributed by atoms with van der Waals surface area (Å²) in [5.74, 6) is -0.0749. The van der Waals surface area contributed by atoms with Crippen molar-refractivity contribution in [3.8, 4) is 0 Å². The van der Waals surface area contributed by atoms with E-state index in [1.165, 1.54) is 0 Å². The summed E-state index contributed by atoms with van der Waals surface area (Å²) < 4.78 is 5.11. The van der Waals surface area contributed by atoms with E-state index in [4.69, 9.17) is 4.74 Å². The summed E-state index contributed by atoms with van der Waals surface area (Å²) in [5, 5.41) is 2.49. The Morgan fingerprint density at radius 2 is 2.25 bits per heavy atom. The van der Waals surface area contributed by atoms with Gasteiger partial charge in [0.1, 0.15) is 6.61 Å². The minimum absolute atomic E-state index is 0.0749. The Kier molecular flexibility index (Phi) is 6.70. The van der Waals surface area contributed by atoms with E-state index in [1.54, 1.807) is 7.05 Å². The smallest absolute Gasteiger partial charge is 0.245 e. The molecule has 4 heteroatoms. The number of hydrogen-bond acceptors (Lipinski definition) is 3. The highest BCUT2D eigenvalue weighted by Gasteiger charge is 1.97. The van der Waals surface area contributed by atoms with E-state index in [9.17, 15) is 4.79 Å². The molecule has 0 aliphatic carbocycles. The molecule has 0 aromatic carbocycles. The van der Waals surface area contributed by atoms with Crippen molar-refractivity contribution in [3.63, 3.8) is 0 Å². The van der Waals surface area contributed by atoms with Crippen LogP contribution >= 0.6 is 0 Å². The Hall–Kier alpha value is -0.610. The van der Waals surface area contributed by atoms with E-state index in [1.807, 2.05) is 7.05 Å². The zero-order valence-electron chi connectivity index (χ0n) is 8.09. The maximum absolute atomic E-state index is 10.7. The van der Waals surface area contributed by atoms with Crippen LogP contribution in [0.15, 0.2) is 0 Å². The quantitative estimate of drug-likeness (QED) is 0.562. The number of rotatable bonds is 6. The van der Waals surface area contributed by atoms with Crippen LogP contribution in [0.25, 0.3) is 0 Å². The van der Waals surface area contributed by atoms with Gasteiger partial charge in [0.25, 0.3) is 0 Å². The predicted octanol–water partition coefficient (Wildman–Crippen LogP) is -0.299. The zero-order chi connectivity index (χ0) is 9.40. The molecule has 0 rings (SSSR count).